The number of rotatable bonds is 2. The minimum absolute atomic E-state index is 0.177. The van der Waals surface area contributed by atoms with Gasteiger partial charge in [0.05, 0.1) is 0 Å². The van der Waals surface area contributed by atoms with Crippen LogP contribution in [-0.4, -0.2) is 40.5 Å². The van der Waals surface area contributed by atoms with Gasteiger partial charge in [0.1, 0.15) is 5.69 Å². The molecule has 1 amide bonds. The van der Waals surface area contributed by atoms with Gasteiger partial charge in [-0.05, 0) is 48.2 Å². The minimum atomic E-state index is 0.177. The molecule has 2 aliphatic heterocycles. The van der Waals surface area contributed by atoms with E-state index in [1.165, 1.54) is 0 Å². The Morgan fingerprint density at radius 1 is 1.53 bits per heavy atom. The maximum absolute atomic E-state index is 12.8. The zero-order valence-corrected chi connectivity index (χ0v) is 13.0. The van der Waals surface area contributed by atoms with Gasteiger partial charge in [0, 0.05) is 42.4 Å². The van der Waals surface area contributed by atoms with E-state index in [4.69, 9.17) is 0 Å². The molecule has 4 nitrogen and oxygen atoms in total. The van der Waals surface area contributed by atoms with Gasteiger partial charge >= 0.3 is 0 Å². The molecule has 0 saturated carbocycles. The highest BCUT2D eigenvalue weighted by atomic mass is 79.9. The number of nitrogens with one attached hydrogen (secondary N) is 1. The van der Waals surface area contributed by atoms with Crippen molar-refractivity contribution in [2.45, 2.75) is 38.9 Å². The number of fused-ring (bicyclic) bond motifs is 1. The molecule has 2 saturated heterocycles. The Morgan fingerprint density at radius 3 is 3.05 bits per heavy atom. The van der Waals surface area contributed by atoms with Crippen molar-refractivity contribution >= 4 is 21.8 Å². The number of carbonyl (C=O) groups is 1. The smallest absolute Gasteiger partial charge is 0.271 e. The summed E-state index contributed by atoms with van der Waals surface area (Å²) >= 11 is 3.47. The lowest BCUT2D eigenvalue weighted by Gasteiger charge is -2.28. The van der Waals surface area contributed by atoms with Crippen LogP contribution >= 0.6 is 15.9 Å². The molecule has 0 radical (unpaired) electrons. The van der Waals surface area contributed by atoms with Gasteiger partial charge in [-0.2, -0.15) is 0 Å². The van der Waals surface area contributed by atoms with Crippen molar-refractivity contribution in [1.29, 1.82) is 0 Å². The number of halogens is 1. The fraction of sp³-hybridized carbons (Fsp3) is 0.643. The second-order valence-corrected chi connectivity index (χ2v) is 6.53. The summed E-state index contributed by atoms with van der Waals surface area (Å²) < 4.78 is 3.00. The number of amides is 1. The van der Waals surface area contributed by atoms with E-state index >= 15 is 0 Å². The Balaban J connectivity index is 1.90. The summed E-state index contributed by atoms with van der Waals surface area (Å²) in [6, 6.07) is 2.67. The molecule has 19 heavy (non-hydrogen) atoms. The van der Waals surface area contributed by atoms with Crippen molar-refractivity contribution in [1.82, 2.24) is 14.8 Å². The van der Waals surface area contributed by atoms with E-state index in [2.05, 4.69) is 40.0 Å². The van der Waals surface area contributed by atoms with Crippen LogP contribution in [0.2, 0.25) is 0 Å². The third kappa shape index (κ3) is 2.13. The summed E-state index contributed by atoms with van der Waals surface area (Å²) in [6.07, 6.45) is 3.11. The predicted molar refractivity (Wildman–Crippen MR) is 78.2 cm³/mol. The second kappa shape index (κ2) is 4.94. The van der Waals surface area contributed by atoms with Crippen molar-refractivity contribution < 1.29 is 4.79 Å². The number of aromatic nitrogens is 1. The van der Waals surface area contributed by atoms with Gasteiger partial charge in [-0.15, -0.1) is 0 Å². The van der Waals surface area contributed by atoms with Crippen LogP contribution < -0.4 is 5.32 Å². The van der Waals surface area contributed by atoms with Gasteiger partial charge in [-0.25, -0.2) is 0 Å². The molecule has 0 bridgehead atoms. The second-order valence-electron chi connectivity index (χ2n) is 5.61. The van der Waals surface area contributed by atoms with E-state index in [1.807, 2.05) is 16.8 Å². The molecular weight excluding hydrogens is 306 g/mol. The van der Waals surface area contributed by atoms with Crippen LogP contribution in [-0.2, 0) is 6.54 Å². The normalized spacial score (nSPS) is 29.8. The van der Waals surface area contributed by atoms with Gasteiger partial charge in [-0.3, -0.25) is 4.79 Å². The zero-order chi connectivity index (χ0) is 13.6. The zero-order valence-electron chi connectivity index (χ0n) is 11.4. The highest BCUT2D eigenvalue weighted by Gasteiger charge is 2.44. The van der Waals surface area contributed by atoms with E-state index in [1.54, 1.807) is 0 Å². The molecule has 3 rings (SSSR count). The topological polar surface area (TPSA) is 37.3 Å². The quantitative estimate of drug-likeness (QED) is 0.904. The maximum Gasteiger partial charge on any atom is 0.271 e. The van der Waals surface area contributed by atoms with Crippen LogP contribution in [0.1, 0.15) is 30.8 Å². The van der Waals surface area contributed by atoms with Gasteiger partial charge in [0.25, 0.3) is 5.91 Å². The summed E-state index contributed by atoms with van der Waals surface area (Å²) in [4.78, 5) is 14.9. The van der Waals surface area contributed by atoms with Crippen LogP contribution in [0.15, 0.2) is 16.7 Å². The maximum atomic E-state index is 12.8. The number of aryl methyl sites for hydroxylation is 1. The summed E-state index contributed by atoms with van der Waals surface area (Å²) in [5.41, 5.74) is 0.800. The van der Waals surface area contributed by atoms with E-state index in [-0.39, 0.29) is 5.91 Å². The summed E-state index contributed by atoms with van der Waals surface area (Å²) in [5, 5.41) is 3.40. The molecule has 104 valence electrons. The first kappa shape index (κ1) is 13.2. The Kier molecular flexibility index (Phi) is 3.43. The third-order valence-electron chi connectivity index (χ3n) is 4.44. The Hall–Kier alpha value is -0.810. The third-order valence-corrected chi connectivity index (χ3v) is 4.87. The standard InChI is InChI=1S/C14H20BrN3O/c1-3-17-8-11(15)5-12(17)14(19)18-9(2)4-10-6-16-7-13(10)18/h5,8-10,13,16H,3-4,6-7H2,1-2H3. The fourth-order valence-corrected chi connectivity index (χ4v) is 4.03. The molecule has 2 fully saturated rings. The molecular formula is C14H20BrN3O. The first-order valence-corrected chi connectivity index (χ1v) is 7.80. The van der Waals surface area contributed by atoms with Crippen molar-refractivity contribution in [3.63, 3.8) is 0 Å². The van der Waals surface area contributed by atoms with Crippen LogP contribution in [0.25, 0.3) is 0 Å². The highest BCUT2D eigenvalue weighted by molar-refractivity contribution is 9.10. The van der Waals surface area contributed by atoms with Crippen LogP contribution in [0.5, 0.6) is 0 Å². The van der Waals surface area contributed by atoms with E-state index in [0.29, 0.717) is 18.0 Å². The van der Waals surface area contributed by atoms with Crippen LogP contribution in [0.3, 0.4) is 0 Å². The molecule has 1 aromatic heterocycles. The molecule has 3 unspecified atom stereocenters. The SMILES string of the molecule is CCn1cc(Br)cc1C(=O)N1C(C)CC2CNCC21. The molecule has 0 spiro atoms. The van der Waals surface area contributed by atoms with Crippen molar-refractivity contribution in [2.75, 3.05) is 13.1 Å². The van der Waals surface area contributed by atoms with Gasteiger partial charge in [0.15, 0.2) is 0 Å². The molecule has 5 heteroatoms. The Labute approximate surface area is 122 Å². The highest BCUT2D eigenvalue weighted by Crippen LogP contribution is 2.33. The number of hydrogen-bond acceptors (Lipinski definition) is 2. The summed E-state index contributed by atoms with van der Waals surface area (Å²) in [7, 11) is 0. The van der Waals surface area contributed by atoms with Crippen LogP contribution in [0.4, 0.5) is 0 Å². The van der Waals surface area contributed by atoms with Crippen molar-refractivity contribution in [3.8, 4) is 0 Å². The fourth-order valence-electron chi connectivity index (χ4n) is 3.56. The number of carbonyl (C=O) groups excluding carboxylic acids is 1. The van der Waals surface area contributed by atoms with E-state index in [0.717, 1.165) is 36.2 Å². The Bertz CT molecular complexity index is 499. The van der Waals surface area contributed by atoms with Crippen LogP contribution in [0, 0.1) is 5.92 Å². The lowest BCUT2D eigenvalue weighted by Crippen LogP contribution is -2.43. The minimum Gasteiger partial charge on any atom is -0.343 e. The number of likely N-dealkylation sites (tertiary alicyclic amines) is 1. The van der Waals surface area contributed by atoms with E-state index in [9.17, 15) is 4.79 Å². The average molecular weight is 326 g/mol. The van der Waals surface area contributed by atoms with Crippen molar-refractivity contribution in [2.24, 2.45) is 5.92 Å². The molecule has 2 aliphatic rings. The average Bonchev–Trinajstić information content (AvgIpc) is 3.02. The molecule has 1 aromatic rings. The molecule has 3 heterocycles. The summed E-state index contributed by atoms with van der Waals surface area (Å²) in [6.45, 7) is 7.05. The molecule has 3 atom stereocenters. The molecule has 0 aromatic carbocycles. The van der Waals surface area contributed by atoms with Gasteiger partial charge in [-0.1, -0.05) is 0 Å². The lowest BCUT2D eigenvalue weighted by molar-refractivity contribution is 0.0671. The number of nitrogens with zero attached hydrogens (tertiary/aromatic N) is 2. The van der Waals surface area contributed by atoms with Gasteiger partial charge < -0.3 is 14.8 Å². The Morgan fingerprint density at radius 2 is 2.32 bits per heavy atom. The predicted octanol–water partition coefficient (Wildman–Crippen LogP) is 2.09. The molecule has 1 N–H and O–H groups in total. The molecule has 0 aliphatic carbocycles. The number of hydrogen-bond donors (Lipinski definition) is 1. The van der Waals surface area contributed by atoms with E-state index < -0.39 is 0 Å². The largest absolute Gasteiger partial charge is 0.343 e. The monoisotopic (exact) mass is 325 g/mol. The first-order valence-electron chi connectivity index (χ1n) is 7.01. The first-order chi connectivity index (χ1) is 9.11. The van der Waals surface area contributed by atoms with Crippen molar-refractivity contribution in [3.05, 3.63) is 22.4 Å². The lowest BCUT2D eigenvalue weighted by atomic mass is 10.0. The summed E-state index contributed by atoms with van der Waals surface area (Å²) in [5.74, 6) is 0.809. The van der Waals surface area contributed by atoms with Gasteiger partial charge in [0.2, 0.25) is 0 Å².